The number of hydrogen-bond donors (Lipinski definition) is 1. The zero-order chi connectivity index (χ0) is 19.9. The Bertz CT molecular complexity index is 961. The number of benzene rings is 2. The van der Waals surface area contributed by atoms with Crippen molar-refractivity contribution >= 4 is 12.0 Å². The quantitative estimate of drug-likeness (QED) is 0.641. The number of aromatic nitrogens is 2. The fourth-order valence-electron chi connectivity index (χ4n) is 2.91. The molecule has 0 bridgehead atoms. The first-order valence-corrected chi connectivity index (χ1v) is 8.85. The second-order valence-corrected chi connectivity index (χ2v) is 6.19. The molecule has 0 aliphatic carbocycles. The summed E-state index contributed by atoms with van der Waals surface area (Å²) in [4.78, 5) is 17.0. The van der Waals surface area contributed by atoms with Crippen LogP contribution in [0.25, 0.3) is 6.08 Å². The first-order valence-electron chi connectivity index (χ1n) is 8.85. The summed E-state index contributed by atoms with van der Waals surface area (Å²) in [6.07, 6.45) is 6.79. The molecule has 144 valence electrons. The van der Waals surface area contributed by atoms with Crippen LogP contribution in [0.1, 0.15) is 23.0 Å². The molecule has 0 saturated carbocycles. The molecule has 3 aromatic rings. The predicted molar refractivity (Wildman–Crippen MR) is 108 cm³/mol. The summed E-state index contributed by atoms with van der Waals surface area (Å²) in [6.45, 7) is 0. The number of methoxy groups -OCH3 is 2. The van der Waals surface area contributed by atoms with E-state index in [0.29, 0.717) is 5.75 Å². The fraction of sp³-hybridized carbons (Fsp3) is 0.182. The van der Waals surface area contributed by atoms with Crippen LogP contribution in [0.2, 0.25) is 0 Å². The van der Waals surface area contributed by atoms with Crippen molar-refractivity contribution in [2.24, 2.45) is 7.05 Å². The van der Waals surface area contributed by atoms with Gasteiger partial charge in [-0.25, -0.2) is 4.98 Å². The number of carbonyl (C=O) groups excluding carboxylic acids is 1. The Morgan fingerprint density at radius 1 is 1.11 bits per heavy atom. The Labute approximate surface area is 164 Å². The van der Waals surface area contributed by atoms with Crippen LogP contribution in [0.15, 0.2) is 67.0 Å². The van der Waals surface area contributed by atoms with E-state index < -0.39 is 0 Å². The Balaban J connectivity index is 1.84. The standard InChI is InChI=1S/C22H23N3O3/c1-25-15-14-23-22(25)21(17-8-11-18(27-2)12-9-17)24-20(26)13-10-16-6-4-5-7-19(16)28-3/h4-15,21H,1-3H3,(H,24,26)/b13-10+. The van der Waals surface area contributed by atoms with E-state index in [4.69, 9.17) is 9.47 Å². The van der Waals surface area contributed by atoms with E-state index in [-0.39, 0.29) is 11.9 Å². The third-order valence-corrected chi connectivity index (χ3v) is 4.41. The third kappa shape index (κ3) is 4.40. The highest BCUT2D eigenvalue weighted by Gasteiger charge is 2.20. The number of aryl methyl sites for hydroxylation is 1. The van der Waals surface area contributed by atoms with Crippen molar-refractivity contribution in [3.8, 4) is 11.5 Å². The number of amides is 1. The van der Waals surface area contributed by atoms with Gasteiger partial charge >= 0.3 is 0 Å². The maximum absolute atomic E-state index is 12.6. The molecule has 1 heterocycles. The van der Waals surface area contributed by atoms with Gasteiger partial charge in [-0.3, -0.25) is 4.79 Å². The normalized spacial score (nSPS) is 12.0. The lowest BCUT2D eigenvalue weighted by Gasteiger charge is -2.18. The monoisotopic (exact) mass is 377 g/mol. The minimum atomic E-state index is -0.388. The van der Waals surface area contributed by atoms with Crippen molar-refractivity contribution in [3.05, 3.63) is 84.0 Å². The van der Waals surface area contributed by atoms with Crippen molar-refractivity contribution in [1.82, 2.24) is 14.9 Å². The molecule has 1 aromatic heterocycles. The van der Waals surface area contributed by atoms with Crippen molar-refractivity contribution in [2.45, 2.75) is 6.04 Å². The average molecular weight is 377 g/mol. The summed E-state index contributed by atoms with van der Waals surface area (Å²) in [5, 5.41) is 3.03. The van der Waals surface area contributed by atoms with Crippen molar-refractivity contribution in [2.75, 3.05) is 14.2 Å². The van der Waals surface area contributed by atoms with E-state index in [1.54, 1.807) is 26.5 Å². The number of ether oxygens (including phenoxy) is 2. The minimum absolute atomic E-state index is 0.227. The molecule has 28 heavy (non-hydrogen) atoms. The summed E-state index contributed by atoms with van der Waals surface area (Å²) < 4.78 is 12.4. The smallest absolute Gasteiger partial charge is 0.244 e. The van der Waals surface area contributed by atoms with Gasteiger partial charge in [-0.15, -0.1) is 0 Å². The van der Waals surface area contributed by atoms with E-state index in [1.165, 1.54) is 6.08 Å². The van der Waals surface area contributed by atoms with E-state index >= 15 is 0 Å². The molecule has 0 saturated heterocycles. The first-order chi connectivity index (χ1) is 13.6. The molecule has 0 fully saturated rings. The van der Waals surface area contributed by atoms with Gasteiger partial charge in [-0.2, -0.15) is 0 Å². The summed E-state index contributed by atoms with van der Waals surface area (Å²) in [6, 6.07) is 14.7. The van der Waals surface area contributed by atoms with E-state index in [9.17, 15) is 4.79 Å². The number of para-hydroxylation sites is 1. The lowest BCUT2D eigenvalue weighted by atomic mass is 10.1. The van der Waals surface area contributed by atoms with Gasteiger partial charge in [-0.1, -0.05) is 30.3 Å². The van der Waals surface area contributed by atoms with Crippen LogP contribution in [0, 0.1) is 0 Å². The number of nitrogens with one attached hydrogen (secondary N) is 1. The average Bonchev–Trinajstić information content (AvgIpc) is 3.16. The lowest BCUT2D eigenvalue weighted by Crippen LogP contribution is -2.29. The second-order valence-electron chi connectivity index (χ2n) is 6.19. The van der Waals surface area contributed by atoms with E-state index in [0.717, 1.165) is 22.7 Å². The Morgan fingerprint density at radius 2 is 1.86 bits per heavy atom. The number of carbonyl (C=O) groups is 1. The molecule has 1 N–H and O–H groups in total. The summed E-state index contributed by atoms with van der Waals surface area (Å²) in [7, 11) is 5.12. The van der Waals surface area contributed by atoms with Gasteiger partial charge in [0.1, 0.15) is 23.4 Å². The van der Waals surface area contributed by atoms with Gasteiger partial charge in [0.15, 0.2) is 0 Å². The van der Waals surface area contributed by atoms with Crippen LogP contribution in [-0.4, -0.2) is 29.7 Å². The minimum Gasteiger partial charge on any atom is -0.497 e. The van der Waals surface area contributed by atoms with Crippen molar-refractivity contribution in [3.63, 3.8) is 0 Å². The van der Waals surface area contributed by atoms with Crippen LogP contribution >= 0.6 is 0 Å². The highest BCUT2D eigenvalue weighted by Crippen LogP contribution is 2.23. The molecule has 0 spiro atoms. The molecule has 6 nitrogen and oxygen atoms in total. The molecule has 0 aliphatic rings. The Kier molecular flexibility index (Phi) is 6.11. The van der Waals surface area contributed by atoms with Gasteiger partial charge < -0.3 is 19.4 Å². The number of hydrogen-bond acceptors (Lipinski definition) is 4. The molecule has 0 aliphatic heterocycles. The van der Waals surface area contributed by atoms with Crippen LogP contribution < -0.4 is 14.8 Å². The molecule has 1 amide bonds. The third-order valence-electron chi connectivity index (χ3n) is 4.41. The van der Waals surface area contributed by atoms with E-state index in [1.807, 2.05) is 66.3 Å². The van der Waals surface area contributed by atoms with Crippen LogP contribution in [-0.2, 0) is 11.8 Å². The molecule has 2 aromatic carbocycles. The largest absolute Gasteiger partial charge is 0.497 e. The zero-order valence-electron chi connectivity index (χ0n) is 16.1. The highest BCUT2D eigenvalue weighted by atomic mass is 16.5. The maximum Gasteiger partial charge on any atom is 0.244 e. The van der Waals surface area contributed by atoms with Gasteiger partial charge in [0.25, 0.3) is 0 Å². The SMILES string of the molecule is COc1ccc(C(NC(=O)/C=C/c2ccccc2OC)c2nccn2C)cc1. The van der Waals surface area contributed by atoms with Gasteiger partial charge in [-0.05, 0) is 29.8 Å². The van der Waals surface area contributed by atoms with Crippen molar-refractivity contribution in [1.29, 1.82) is 0 Å². The molecular weight excluding hydrogens is 354 g/mol. The predicted octanol–water partition coefficient (Wildman–Crippen LogP) is 3.36. The molecular formula is C22H23N3O3. The van der Waals surface area contributed by atoms with Crippen LogP contribution in [0.3, 0.4) is 0 Å². The second kappa shape index (κ2) is 8.90. The van der Waals surface area contributed by atoms with Crippen molar-refractivity contribution < 1.29 is 14.3 Å². The molecule has 6 heteroatoms. The number of imidazole rings is 1. The Morgan fingerprint density at radius 3 is 2.50 bits per heavy atom. The first kappa shape index (κ1) is 19.2. The van der Waals surface area contributed by atoms with E-state index in [2.05, 4.69) is 10.3 Å². The lowest BCUT2D eigenvalue weighted by molar-refractivity contribution is -0.117. The molecule has 0 radical (unpaired) electrons. The number of nitrogens with zero attached hydrogens (tertiary/aromatic N) is 2. The molecule has 3 rings (SSSR count). The van der Waals surface area contributed by atoms with Gasteiger partial charge in [0.2, 0.25) is 5.91 Å². The van der Waals surface area contributed by atoms with Gasteiger partial charge in [0.05, 0.1) is 14.2 Å². The Hall–Kier alpha value is -3.54. The van der Waals surface area contributed by atoms with Crippen LogP contribution in [0.5, 0.6) is 11.5 Å². The number of rotatable bonds is 7. The highest BCUT2D eigenvalue weighted by molar-refractivity contribution is 5.92. The summed E-state index contributed by atoms with van der Waals surface area (Å²) in [5.74, 6) is 1.98. The maximum atomic E-state index is 12.6. The topological polar surface area (TPSA) is 65.4 Å². The molecule has 1 unspecified atom stereocenters. The summed E-state index contributed by atoms with van der Waals surface area (Å²) in [5.41, 5.74) is 1.74. The molecule has 1 atom stereocenters. The van der Waals surface area contributed by atoms with Crippen LogP contribution in [0.4, 0.5) is 0 Å². The van der Waals surface area contributed by atoms with Gasteiger partial charge in [0, 0.05) is 31.1 Å². The zero-order valence-corrected chi connectivity index (χ0v) is 16.1. The fourth-order valence-corrected chi connectivity index (χ4v) is 2.91. The summed E-state index contributed by atoms with van der Waals surface area (Å²) >= 11 is 0.